The lowest BCUT2D eigenvalue weighted by molar-refractivity contribution is -0.121. The van der Waals surface area contributed by atoms with Gasteiger partial charge in [0.1, 0.15) is 5.92 Å². The van der Waals surface area contributed by atoms with Gasteiger partial charge in [0.2, 0.25) is 5.91 Å². The number of benzene rings is 1. The van der Waals surface area contributed by atoms with Crippen molar-refractivity contribution in [1.29, 1.82) is 0 Å². The fourth-order valence-corrected chi connectivity index (χ4v) is 3.84. The summed E-state index contributed by atoms with van der Waals surface area (Å²) < 4.78 is 0. The Morgan fingerprint density at radius 2 is 2.00 bits per heavy atom. The number of hydrogen-bond donors (Lipinski definition) is 2. The van der Waals surface area contributed by atoms with Crippen LogP contribution in [0.3, 0.4) is 0 Å². The van der Waals surface area contributed by atoms with Gasteiger partial charge in [-0.15, -0.1) is 0 Å². The average Bonchev–Trinajstić information content (AvgIpc) is 2.47. The topological polar surface area (TPSA) is 55.1 Å². The predicted molar refractivity (Wildman–Crippen MR) is 89.0 cm³/mol. The predicted octanol–water partition coefficient (Wildman–Crippen LogP) is 2.32. The summed E-state index contributed by atoms with van der Waals surface area (Å²) in [5.74, 6) is 2.37. The minimum absolute atomic E-state index is 0.0815. The number of thiocarbonyl (C=S) groups is 1. The highest BCUT2D eigenvalue weighted by atomic mass is 32.2. The molecule has 1 aliphatic rings. The van der Waals surface area contributed by atoms with E-state index in [0.29, 0.717) is 5.92 Å². The molecule has 1 heterocycles. The molecule has 0 aromatic heterocycles. The Morgan fingerprint density at radius 1 is 1.35 bits per heavy atom. The molecule has 3 nitrogen and oxygen atoms in total. The summed E-state index contributed by atoms with van der Waals surface area (Å²) in [4.78, 5) is 12.6. The zero-order valence-corrected chi connectivity index (χ0v) is 13.0. The van der Waals surface area contributed by atoms with Crippen molar-refractivity contribution in [3.8, 4) is 0 Å². The average molecular weight is 308 g/mol. The molecule has 108 valence electrons. The van der Waals surface area contributed by atoms with E-state index in [1.807, 2.05) is 42.1 Å². The summed E-state index contributed by atoms with van der Waals surface area (Å²) in [6, 6.07) is 9.48. The third kappa shape index (κ3) is 4.21. The second kappa shape index (κ2) is 7.64. The summed E-state index contributed by atoms with van der Waals surface area (Å²) in [5.41, 5.74) is 6.60. The van der Waals surface area contributed by atoms with E-state index in [4.69, 9.17) is 18.0 Å². The van der Waals surface area contributed by atoms with Gasteiger partial charge in [0.05, 0.1) is 4.99 Å². The highest BCUT2D eigenvalue weighted by Crippen LogP contribution is 2.22. The molecule has 20 heavy (non-hydrogen) atoms. The highest BCUT2D eigenvalue weighted by Gasteiger charge is 2.24. The van der Waals surface area contributed by atoms with Crippen LogP contribution in [0.15, 0.2) is 30.3 Å². The number of carbonyl (C=O) groups excluding carboxylic acids is 1. The first-order valence-corrected chi connectivity index (χ1v) is 8.44. The van der Waals surface area contributed by atoms with Crippen LogP contribution in [0.1, 0.15) is 24.3 Å². The summed E-state index contributed by atoms with van der Waals surface area (Å²) in [7, 11) is 0. The Hall–Kier alpha value is -1.07. The van der Waals surface area contributed by atoms with Crippen LogP contribution in [0.4, 0.5) is 0 Å². The van der Waals surface area contributed by atoms with Crippen LogP contribution >= 0.6 is 24.0 Å². The summed E-state index contributed by atoms with van der Waals surface area (Å²) in [6.45, 7) is 0.728. The first kappa shape index (κ1) is 15.3. The molecule has 0 spiro atoms. The third-order valence-corrected chi connectivity index (χ3v) is 4.87. The number of thioether (sulfide) groups is 1. The lowest BCUT2D eigenvalue weighted by atomic mass is 9.97. The van der Waals surface area contributed by atoms with E-state index >= 15 is 0 Å². The van der Waals surface area contributed by atoms with Crippen molar-refractivity contribution >= 4 is 34.9 Å². The highest BCUT2D eigenvalue weighted by molar-refractivity contribution is 7.99. The van der Waals surface area contributed by atoms with Gasteiger partial charge in [0.25, 0.3) is 0 Å². The normalized spacial score (nSPS) is 17.4. The van der Waals surface area contributed by atoms with Crippen LogP contribution in [-0.2, 0) is 4.79 Å². The van der Waals surface area contributed by atoms with Crippen molar-refractivity contribution in [3.05, 3.63) is 35.9 Å². The SMILES string of the molecule is NC(=S)C(C(=O)NCC1CCSCC1)c1ccccc1. The van der Waals surface area contributed by atoms with Gasteiger partial charge in [-0.3, -0.25) is 4.79 Å². The van der Waals surface area contributed by atoms with Gasteiger partial charge in [-0.1, -0.05) is 42.5 Å². The molecule has 1 aromatic carbocycles. The maximum Gasteiger partial charge on any atom is 0.234 e. The molecule has 0 radical (unpaired) electrons. The molecule has 1 aromatic rings. The van der Waals surface area contributed by atoms with E-state index in [9.17, 15) is 4.79 Å². The minimum atomic E-state index is -0.524. The van der Waals surface area contributed by atoms with Crippen LogP contribution < -0.4 is 11.1 Å². The third-order valence-electron chi connectivity index (χ3n) is 3.59. The molecule has 1 saturated heterocycles. The first-order chi connectivity index (χ1) is 9.68. The lowest BCUT2D eigenvalue weighted by Gasteiger charge is -2.23. The number of rotatable bonds is 5. The molecule has 1 fully saturated rings. The van der Waals surface area contributed by atoms with Gasteiger partial charge in [-0.25, -0.2) is 0 Å². The zero-order valence-electron chi connectivity index (χ0n) is 11.4. The van der Waals surface area contributed by atoms with Crippen LogP contribution in [0, 0.1) is 5.92 Å². The summed E-state index contributed by atoms with van der Waals surface area (Å²) in [6.07, 6.45) is 2.35. The lowest BCUT2D eigenvalue weighted by Crippen LogP contribution is -2.39. The molecular weight excluding hydrogens is 288 g/mol. The van der Waals surface area contributed by atoms with Crippen LogP contribution in [0.5, 0.6) is 0 Å². The standard InChI is InChI=1S/C15H20N2OS2/c16-14(19)13(12-4-2-1-3-5-12)15(18)17-10-11-6-8-20-9-7-11/h1-5,11,13H,6-10H2,(H2,16,19)(H,17,18). The van der Waals surface area contributed by atoms with Gasteiger partial charge in [-0.05, 0) is 35.8 Å². The summed E-state index contributed by atoms with van der Waals surface area (Å²) >= 11 is 7.05. The molecule has 5 heteroatoms. The second-order valence-electron chi connectivity index (χ2n) is 5.05. The largest absolute Gasteiger partial charge is 0.392 e. The van der Waals surface area contributed by atoms with Crippen molar-refractivity contribution in [1.82, 2.24) is 5.32 Å². The molecule has 2 rings (SSSR count). The Morgan fingerprint density at radius 3 is 2.60 bits per heavy atom. The fourth-order valence-electron chi connectivity index (χ4n) is 2.39. The number of nitrogens with two attached hydrogens (primary N) is 1. The second-order valence-corrected chi connectivity index (χ2v) is 6.74. The number of hydrogen-bond acceptors (Lipinski definition) is 3. The maximum atomic E-state index is 12.3. The fraction of sp³-hybridized carbons (Fsp3) is 0.467. The summed E-state index contributed by atoms with van der Waals surface area (Å²) in [5, 5.41) is 3.02. The molecule has 1 atom stereocenters. The molecule has 0 bridgehead atoms. The van der Waals surface area contributed by atoms with Crippen molar-refractivity contribution in [3.63, 3.8) is 0 Å². The maximum absolute atomic E-state index is 12.3. The van der Waals surface area contributed by atoms with E-state index in [1.165, 1.54) is 24.3 Å². The number of amides is 1. The Bertz CT molecular complexity index is 458. The smallest absolute Gasteiger partial charge is 0.234 e. The minimum Gasteiger partial charge on any atom is -0.392 e. The van der Waals surface area contributed by atoms with Crippen LogP contribution in [0.2, 0.25) is 0 Å². The van der Waals surface area contributed by atoms with Crippen molar-refractivity contribution in [2.45, 2.75) is 18.8 Å². The van der Waals surface area contributed by atoms with Gasteiger partial charge < -0.3 is 11.1 Å². The van der Waals surface area contributed by atoms with E-state index in [2.05, 4.69) is 5.32 Å². The van der Waals surface area contributed by atoms with Gasteiger partial charge in [0.15, 0.2) is 0 Å². The Kier molecular flexibility index (Phi) is 5.86. The van der Waals surface area contributed by atoms with Gasteiger partial charge >= 0.3 is 0 Å². The van der Waals surface area contributed by atoms with Crippen LogP contribution in [-0.4, -0.2) is 28.9 Å². The first-order valence-electron chi connectivity index (χ1n) is 6.88. The van der Waals surface area contributed by atoms with Crippen molar-refractivity contribution in [2.24, 2.45) is 11.7 Å². The van der Waals surface area contributed by atoms with E-state index in [1.54, 1.807) is 0 Å². The number of carbonyl (C=O) groups is 1. The Balaban J connectivity index is 1.95. The van der Waals surface area contributed by atoms with E-state index in [-0.39, 0.29) is 10.9 Å². The molecule has 0 aliphatic carbocycles. The molecule has 0 saturated carbocycles. The number of nitrogens with one attached hydrogen (secondary N) is 1. The molecule has 3 N–H and O–H groups in total. The van der Waals surface area contributed by atoms with Gasteiger partial charge in [0, 0.05) is 6.54 Å². The molecule has 1 unspecified atom stereocenters. The van der Waals surface area contributed by atoms with Crippen LogP contribution in [0.25, 0.3) is 0 Å². The zero-order chi connectivity index (χ0) is 14.4. The Labute approximate surface area is 129 Å². The van der Waals surface area contributed by atoms with E-state index < -0.39 is 5.92 Å². The van der Waals surface area contributed by atoms with Crippen molar-refractivity contribution < 1.29 is 4.79 Å². The van der Waals surface area contributed by atoms with E-state index in [0.717, 1.165) is 12.1 Å². The molecular formula is C15H20N2OS2. The monoisotopic (exact) mass is 308 g/mol. The van der Waals surface area contributed by atoms with Crippen molar-refractivity contribution in [2.75, 3.05) is 18.1 Å². The molecule has 1 aliphatic heterocycles. The quantitative estimate of drug-likeness (QED) is 0.820. The molecule has 1 amide bonds. The van der Waals surface area contributed by atoms with Gasteiger partial charge in [-0.2, -0.15) is 11.8 Å².